The highest BCUT2D eigenvalue weighted by molar-refractivity contribution is 6.30. The van der Waals surface area contributed by atoms with E-state index in [1.54, 1.807) is 18.3 Å². The third kappa shape index (κ3) is 3.83. The van der Waals surface area contributed by atoms with E-state index in [9.17, 15) is 9.59 Å². The zero-order valence-electron chi connectivity index (χ0n) is 16.4. The first kappa shape index (κ1) is 19.4. The SMILES string of the molecule is CC1=C(C(=O)Nc2ccc(C)cn2)C(c2cccc(Cl)c2)C2=C(CCCC2=O)N1. The van der Waals surface area contributed by atoms with Crippen molar-refractivity contribution in [3.8, 4) is 0 Å². The molecule has 0 saturated heterocycles. The van der Waals surface area contributed by atoms with E-state index >= 15 is 0 Å². The zero-order valence-corrected chi connectivity index (χ0v) is 17.1. The number of carbonyl (C=O) groups is 2. The molecule has 0 saturated carbocycles. The maximum absolute atomic E-state index is 13.3. The largest absolute Gasteiger partial charge is 0.362 e. The van der Waals surface area contributed by atoms with Gasteiger partial charge in [0.05, 0.1) is 0 Å². The Morgan fingerprint density at radius 3 is 2.76 bits per heavy atom. The molecule has 0 radical (unpaired) electrons. The van der Waals surface area contributed by atoms with E-state index in [1.807, 2.05) is 38.1 Å². The van der Waals surface area contributed by atoms with E-state index in [0.717, 1.165) is 35.4 Å². The minimum atomic E-state index is -0.455. The van der Waals surface area contributed by atoms with Gasteiger partial charge in [-0.05, 0) is 56.0 Å². The van der Waals surface area contributed by atoms with Crippen LogP contribution in [0.5, 0.6) is 0 Å². The van der Waals surface area contributed by atoms with Gasteiger partial charge in [-0.25, -0.2) is 4.98 Å². The molecule has 2 aromatic rings. The van der Waals surface area contributed by atoms with Crippen molar-refractivity contribution in [3.63, 3.8) is 0 Å². The minimum absolute atomic E-state index is 0.0787. The molecule has 1 aliphatic heterocycles. The molecule has 29 heavy (non-hydrogen) atoms. The van der Waals surface area contributed by atoms with Gasteiger partial charge in [-0.15, -0.1) is 0 Å². The fraction of sp³-hybridized carbons (Fsp3) is 0.261. The Morgan fingerprint density at radius 2 is 2.03 bits per heavy atom. The number of hydrogen-bond acceptors (Lipinski definition) is 4. The predicted molar refractivity (Wildman–Crippen MR) is 114 cm³/mol. The Kier molecular flexibility index (Phi) is 5.24. The van der Waals surface area contributed by atoms with Gasteiger partial charge in [0.15, 0.2) is 5.78 Å². The Morgan fingerprint density at radius 1 is 1.21 bits per heavy atom. The van der Waals surface area contributed by atoms with Crippen molar-refractivity contribution < 1.29 is 9.59 Å². The number of allylic oxidation sites excluding steroid dienone is 3. The lowest BCUT2D eigenvalue weighted by atomic mass is 9.75. The number of carbonyl (C=O) groups excluding carboxylic acids is 2. The number of dihydropyridines is 1. The van der Waals surface area contributed by atoms with Crippen molar-refractivity contribution in [2.75, 3.05) is 5.32 Å². The van der Waals surface area contributed by atoms with Crippen LogP contribution >= 0.6 is 11.6 Å². The van der Waals surface area contributed by atoms with Gasteiger partial charge < -0.3 is 10.6 Å². The number of halogens is 1. The molecule has 0 spiro atoms. The van der Waals surface area contributed by atoms with Crippen LogP contribution in [-0.4, -0.2) is 16.7 Å². The van der Waals surface area contributed by atoms with Crippen LogP contribution in [0.15, 0.2) is 65.1 Å². The molecule has 1 aliphatic carbocycles. The molecule has 0 bridgehead atoms. The number of Topliss-reactive ketones (excluding diaryl/α,β-unsaturated/α-hetero) is 1. The Labute approximate surface area is 174 Å². The van der Waals surface area contributed by atoms with Crippen LogP contribution in [0.3, 0.4) is 0 Å². The number of anilines is 1. The van der Waals surface area contributed by atoms with Gasteiger partial charge in [0.25, 0.3) is 5.91 Å². The topological polar surface area (TPSA) is 71.1 Å². The highest BCUT2D eigenvalue weighted by Gasteiger charge is 2.38. The number of hydrogen-bond donors (Lipinski definition) is 2. The molecule has 6 heteroatoms. The molecule has 0 fully saturated rings. The molecule has 2 heterocycles. The van der Waals surface area contributed by atoms with Crippen molar-refractivity contribution in [1.29, 1.82) is 0 Å². The zero-order chi connectivity index (χ0) is 20.5. The van der Waals surface area contributed by atoms with Crippen molar-refractivity contribution in [3.05, 3.63) is 81.3 Å². The van der Waals surface area contributed by atoms with E-state index in [1.165, 1.54) is 0 Å². The summed E-state index contributed by atoms with van der Waals surface area (Å²) in [6.07, 6.45) is 3.81. The average molecular weight is 408 g/mol. The number of nitrogens with zero attached hydrogens (tertiary/aromatic N) is 1. The summed E-state index contributed by atoms with van der Waals surface area (Å²) in [6.45, 7) is 3.81. The van der Waals surface area contributed by atoms with Gasteiger partial charge in [-0.3, -0.25) is 9.59 Å². The number of pyridine rings is 1. The van der Waals surface area contributed by atoms with Crippen LogP contribution in [0.4, 0.5) is 5.82 Å². The summed E-state index contributed by atoms with van der Waals surface area (Å²) in [6, 6.07) is 11.0. The first-order valence-electron chi connectivity index (χ1n) is 9.67. The number of benzene rings is 1. The Bertz CT molecular complexity index is 1050. The number of nitrogens with one attached hydrogen (secondary N) is 2. The van der Waals surface area contributed by atoms with Gasteiger partial charge in [0.2, 0.25) is 0 Å². The minimum Gasteiger partial charge on any atom is -0.362 e. The van der Waals surface area contributed by atoms with Crippen molar-refractivity contribution >= 4 is 29.1 Å². The number of amides is 1. The third-order valence-electron chi connectivity index (χ3n) is 5.36. The summed E-state index contributed by atoms with van der Waals surface area (Å²) in [5.41, 5.74) is 4.69. The molecule has 1 unspecified atom stereocenters. The molecule has 1 aromatic carbocycles. The predicted octanol–water partition coefficient (Wildman–Crippen LogP) is 4.65. The summed E-state index contributed by atoms with van der Waals surface area (Å²) in [5.74, 6) is -0.181. The molecule has 2 aliphatic rings. The lowest BCUT2D eigenvalue weighted by molar-refractivity contribution is -0.116. The van der Waals surface area contributed by atoms with Gasteiger partial charge in [-0.1, -0.05) is 29.8 Å². The summed E-state index contributed by atoms with van der Waals surface area (Å²) in [5, 5.41) is 6.77. The number of ketones is 1. The lowest BCUT2D eigenvalue weighted by Crippen LogP contribution is -2.35. The van der Waals surface area contributed by atoms with Crippen molar-refractivity contribution in [1.82, 2.24) is 10.3 Å². The van der Waals surface area contributed by atoms with E-state index < -0.39 is 5.92 Å². The molecule has 1 atom stereocenters. The molecule has 2 N–H and O–H groups in total. The van der Waals surface area contributed by atoms with E-state index in [0.29, 0.717) is 28.4 Å². The lowest BCUT2D eigenvalue weighted by Gasteiger charge is -2.34. The maximum Gasteiger partial charge on any atom is 0.255 e. The number of aromatic nitrogens is 1. The Balaban J connectivity index is 1.78. The molecule has 5 nitrogen and oxygen atoms in total. The standard InChI is InChI=1S/C23H22ClN3O2/c1-13-9-10-19(25-12-13)27-23(29)20-14(2)26-17-7-4-8-18(28)22(17)21(20)15-5-3-6-16(24)11-15/h3,5-6,9-12,21,26H,4,7-8H2,1-2H3,(H,25,27,29). The smallest absolute Gasteiger partial charge is 0.255 e. The second-order valence-electron chi connectivity index (χ2n) is 7.50. The van der Waals surface area contributed by atoms with Crippen LogP contribution < -0.4 is 10.6 Å². The first-order chi connectivity index (χ1) is 13.9. The molecule has 148 valence electrons. The van der Waals surface area contributed by atoms with E-state index in [2.05, 4.69) is 15.6 Å². The second kappa shape index (κ2) is 7.84. The van der Waals surface area contributed by atoms with Gasteiger partial charge >= 0.3 is 0 Å². The van der Waals surface area contributed by atoms with Crippen LogP contribution in [-0.2, 0) is 9.59 Å². The summed E-state index contributed by atoms with van der Waals surface area (Å²) < 4.78 is 0. The highest BCUT2D eigenvalue weighted by Crippen LogP contribution is 2.42. The highest BCUT2D eigenvalue weighted by atomic mass is 35.5. The van der Waals surface area contributed by atoms with Crippen LogP contribution in [0, 0.1) is 6.92 Å². The van der Waals surface area contributed by atoms with Crippen LogP contribution in [0.2, 0.25) is 5.02 Å². The fourth-order valence-electron chi connectivity index (χ4n) is 4.03. The molecular formula is C23H22ClN3O2. The number of aryl methyl sites for hydroxylation is 1. The van der Waals surface area contributed by atoms with Crippen molar-refractivity contribution in [2.24, 2.45) is 0 Å². The quantitative estimate of drug-likeness (QED) is 0.776. The summed E-state index contributed by atoms with van der Waals surface area (Å²) in [4.78, 5) is 30.4. The fourth-order valence-corrected chi connectivity index (χ4v) is 4.23. The second-order valence-corrected chi connectivity index (χ2v) is 7.93. The van der Waals surface area contributed by atoms with Crippen LogP contribution in [0.1, 0.15) is 43.2 Å². The van der Waals surface area contributed by atoms with E-state index in [-0.39, 0.29) is 11.7 Å². The Hall–Kier alpha value is -2.92. The molecule has 4 rings (SSSR count). The average Bonchev–Trinajstić information content (AvgIpc) is 2.69. The molecule has 1 amide bonds. The number of rotatable bonds is 3. The van der Waals surface area contributed by atoms with Gasteiger partial charge in [-0.2, -0.15) is 0 Å². The van der Waals surface area contributed by atoms with Crippen molar-refractivity contribution in [2.45, 2.75) is 39.0 Å². The molecular weight excluding hydrogens is 386 g/mol. The van der Waals surface area contributed by atoms with Gasteiger partial charge in [0, 0.05) is 46.1 Å². The van der Waals surface area contributed by atoms with Gasteiger partial charge in [0.1, 0.15) is 5.82 Å². The normalized spacial score (nSPS) is 19.0. The monoisotopic (exact) mass is 407 g/mol. The van der Waals surface area contributed by atoms with Crippen LogP contribution in [0.25, 0.3) is 0 Å². The first-order valence-corrected chi connectivity index (χ1v) is 10.1. The maximum atomic E-state index is 13.3. The summed E-state index contributed by atoms with van der Waals surface area (Å²) >= 11 is 6.24. The molecule has 1 aromatic heterocycles. The van der Waals surface area contributed by atoms with E-state index in [4.69, 9.17) is 11.6 Å². The third-order valence-corrected chi connectivity index (χ3v) is 5.59. The summed E-state index contributed by atoms with van der Waals surface area (Å²) in [7, 11) is 0.